The van der Waals surface area contributed by atoms with Crippen LogP contribution in [0.5, 0.6) is 5.75 Å². The summed E-state index contributed by atoms with van der Waals surface area (Å²) < 4.78 is 10.7. The lowest BCUT2D eigenvalue weighted by Crippen LogP contribution is -2.13. The monoisotopic (exact) mass is 308 g/mol. The van der Waals surface area contributed by atoms with Crippen LogP contribution in [-0.4, -0.2) is 19.2 Å². The fourth-order valence-electron chi connectivity index (χ4n) is 2.80. The molecule has 0 aliphatic heterocycles. The molecule has 21 heavy (non-hydrogen) atoms. The summed E-state index contributed by atoms with van der Waals surface area (Å²) in [5.41, 5.74) is 2.91. The molecule has 3 rings (SSSR count). The van der Waals surface area contributed by atoms with Crippen LogP contribution < -0.4 is 4.74 Å². The Morgan fingerprint density at radius 2 is 1.86 bits per heavy atom. The Labute approximate surface area is 130 Å². The Bertz CT molecular complexity index is 572. The van der Waals surface area contributed by atoms with Crippen molar-refractivity contribution in [3.8, 4) is 5.75 Å². The van der Waals surface area contributed by atoms with E-state index in [0.717, 1.165) is 0 Å². The van der Waals surface area contributed by atoms with Crippen LogP contribution in [-0.2, 0) is 4.74 Å². The second-order valence-electron chi connectivity index (χ2n) is 6.28. The standard InChI is InChI=1S/C17H21ClO3/c1-9(2)21-16-13(17(19)20-3)8-12(10-4-5-10)14(15(16)18)11-6-7-11/h8-11H,4-7H2,1-3H3. The summed E-state index contributed by atoms with van der Waals surface area (Å²) in [5, 5.41) is 0.621. The van der Waals surface area contributed by atoms with Crippen molar-refractivity contribution >= 4 is 17.6 Å². The molecule has 4 heteroatoms. The minimum atomic E-state index is -0.378. The average molecular weight is 309 g/mol. The first-order chi connectivity index (χ1) is 10.0. The second-order valence-corrected chi connectivity index (χ2v) is 6.65. The molecule has 1 aromatic rings. The zero-order chi connectivity index (χ0) is 15.1. The highest BCUT2D eigenvalue weighted by molar-refractivity contribution is 6.33. The zero-order valence-corrected chi connectivity index (χ0v) is 13.5. The maximum Gasteiger partial charge on any atom is 0.341 e. The van der Waals surface area contributed by atoms with Crippen LogP contribution in [0.4, 0.5) is 0 Å². The fourth-order valence-corrected chi connectivity index (χ4v) is 3.21. The van der Waals surface area contributed by atoms with Gasteiger partial charge in [-0.1, -0.05) is 11.6 Å². The van der Waals surface area contributed by atoms with E-state index in [0.29, 0.717) is 28.2 Å². The number of ether oxygens (including phenoxy) is 2. The minimum absolute atomic E-state index is 0.0373. The van der Waals surface area contributed by atoms with Gasteiger partial charge >= 0.3 is 5.97 Å². The molecule has 0 N–H and O–H groups in total. The van der Waals surface area contributed by atoms with Crippen LogP contribution in [0.15, 0.2) is 6.07 Å². The van der Waals surface area contributed by atoms with Gasteiger partial charge in [0.05, 0.1) is 18.2 Å². The topological polar surface area (TPSA) is 35.5 Å². The third kappa shape index (κ3) is 2.89. The smallest absolute Gasteiger partial charge is 0.341 e. The summed E-state index contributed by atoms with van der Waals surface area (Å²) in [6, 6.07) is 1.96. The molecule has 0 amide bonds. The van der Waals surface area contributed by atoms with Crippen LogP contribution in [0.3, 0.4) is 0 Å². The average Bonchev–Trinajstić information content (AvgIpc) is 3.29. The number of carbonyl (C=O) groups excluding carboxylic acids is 1. The van der Waals surface area contributed by atoms with Gasteiger partial charge in [-0.2, -0.15) is 0 Å². The highest BCUT2D eigenvalue weighted by atomic mass is 35.5. The summed E-state index contributed by atoms with van der Waals surface area (Å²) in [5.74, 6) is 1.20. The van der Waals surface area contributed by atoms with Gasteiger partial charge in [-0.05, 0) is 68.6 Å². The number of hydrogen-bond acceptors (Lipinski definition) is 3. The molecule has 114 valence electrons. The maximum atomic E-state index is 12.1. The molecule has 0 atom stereocenters. The predicted octanol–water partition coefficient (Wildman–Crippen LogP) is 4.67. The Morgan fingerprint density at radius 1 is 1.24 bits per heavy atom. The van der Waals surface area contributed by atoms with Crippen molar-refractivity contribution in [1.29, 1.82) is 0 Å². The van der Waals surface area contributed by atoms with E-state index >= 15 is 0 Å². The van der Waals surface area contributed by atoms with Crippen molar-refractivity contribution in [2.24, 2.45) is 0 Å². The van der Waals surface area contributed by atoms with Gasteiger partial charge in [-0.25, -0.2) is 4.79 Å². The van der Waals surface area contributed by atoms with Crippen LogP contribution >= 0.6 is 11.6 Å². The Morgan fingerprint density at radius 3 is 2.33 bits per heavy atom. The fraction of sp³-hybridized carbons (Fsp3) is 0.588. The molecule has 0 radical (unpaired) electrons. The van der Waals surface area contributed by atoms with Gasteiger partial charge in [0.25, 0.3) is 0 Å². The van der Waals surface area contributed by atoms with Crippen LogP contribution in [0.25, 0.3) is 0 Å². The summed E-state index contributed by atoms with van der Waals surface area (Å²) in [6.07, 6.45) is 4.68. The molecular formula is C17H21ClO3. The van der Waals surface area contributed by atoms with E-state index in [1.54, 1.807) is 0 Å². The summed E-state index contributed by atoms with van der Waals surface area (Å²) in [4.78, 5) is 12.1. The Hall–Kier alpha value is -1.22. The molecule has 0 saturated heterocycles. The van der Waals surface area contributed by atoms with E-state index in [9.17, 15) is 4.79 Å². The van der Waals surface area contributed by atoms with Gasteiger partial charge in [0.2, 0.25) is 0 Å². The molecule has 0 spiro atoms. The first-order valence-electron chi connectivity index (χ1n) is 7.64. The molecule has 2 aliphatic carbocycles. The molecule has 3 nitrogen and oxygen atoms in total. The quantitative estimate of drug-likeness (QED) is 0.742. The number of halogens is 1. The second kappa shape index (κ2) is 5.53. The number of hydrogen-bond donors (Lipinski definition) is 0. The van der Waals surface area contributed by atoms with Gasteiger partial charge in [-0.3, -0.25) is 0 Å². The lowest BCUT2D eigenvalue weighted by atomic mass is 9.95. The van der Waals surface area contributed by atoms with Crippen molar-refractivity contribution < 1.29 is 14.3 Å². The van der Waals surface area contributed by atoms with Crippen molar-refractivity contribution in [1.82, 2.24) is 0 Å². The summed E-state index contributed by atoms with van der Waals surface area (Å²) >= 11 is 6.64. The van der Waals surface area contributed by atoms with E-state index in [4.69, 9.17) is 21.1 Å². The molecule has 0 unspecified atom stereocenters. The highest BCUT2D eigenvalue weighted by Gasteiger charge is 2.37. The highest BCUT2D eigenvalue weighted by Crippen LogP contribution is 2.54. The van der Waals surface area contributed by atoms with E-state index in [1.807, 2.05) is 19.9 Å². The number of rotatable bonds is 5. The van der Waals surface area contributed by atoms with Gasteiger partial charge in [0.1, 0.15) is 5.56 Å². The molecule has 0 aromatic heterocycles. The molecule has 2 fully saturated rings. The SMILES string of the molecule is COC(=O)c1cc(C2CC2)c(C2CC2)c(Cl)c1OC(C)C. The first-order valence-corrected chi connectivity index (χ1v) is 8.02. The third-order valence-electron chi connectivity index (χ3n) is 4.05. The van der Waals surface area contributed by atoms with E-state index in [2.05, 4.69) is 0 Å². The number of methoxy groups -OCH3 is 1. The minimum Gasteiger partial charge on any atom is -0.489 e. The number of carbonyl (C=O) groups is 1. The van der Waals surface area contributed by atoms with Crippen molar-refractivity contribution in [2.45, 2.75) is 57.5 Å². The largest absolute Gasteiger partial charge is 0.489 e. The van der Waals surface area contributed by atoms with E-state index in [-0.39, 0.29) is 12.1 Å². The van der Waals surface area contributed by atoms with Gasteiger partial charge < -0.3 is 9.47 Å². The first kappa shape index (κ1) is 14.7. The van der Waals surface area contributed by atoms with E-state index < -0.39 is 0 Å². The van der Waals surface area contributed by atoms with Crippen molar-refractivity contribution in [2.75, 3.05) is 7.11 Å². The molecule has 1 aromatic carbocycles. The van der Waals surface area contributed by atoms with E-state index in [1.165, 1.54) is 43.9 Å². The predicted molar refractivity (Wildman–Crippen MR) is 82.5 cm³/mol. The van der Waals surface area contributed by atoms with Crippen LogP contribution in [0.1, 0.15) is 72.9 Å². The lowest BCUT2D eigenvalue weighted by Gasteiger charge is -2.20. The van der Waals surface area contributed by atoms with Gasteiger partial charge in [-0.15, -0.1) is 0 Å². The molecule has 2 saturated carbocycles. The molecule has 0 bridgehead atoms. The lowest BCUT2D eigenvalue weighted by molar-refractivity contribution is 0.0594. The molecule has 2 aliphatic rings. The molecule has 0 heterocycles. The Kier molecular flexibility index (Phi) is 3.87. The summed E-state index contributed by atoms with van der Waals surface area (Å²) in [6.45, 7) is 3.87. The van der Waals surface area contributed by atoms with Crippen LogP contribution in [0.2, 0.25) is 5.02 Å². The number of benzene rings is 1. The molecular weight excluding hydrogens is 288 g/mol. The normalized spacial score (nSPS) is 18.0. The van der Waals surface area contributed by atoms with Crippen LogP contribution in [0, 0.1) is 0 Å². The third-order valence-corrected chi connectivity index (χ3v) is 4.43. The maximum absolute atomic E-state index is 12.1. The van der Waals surface area contributed by atoms with Crippen molar-refractivity contribution in [3.05, 3.63) is 27.8 Å². The van der Waals surface area contributed by atoms with Gasteiger partial charge in [0, 0.05) is 0 Å². The zero-order valence-electron chi connectivity index (χ0n) is 12.7. The summed E-state index contributed by atoms with van der Waals surface area (Å²) in [7, 11) is 1.39. The Balaban J connectivity index is 2.15. The van der Waals surface area contributed by atoms with Gasteiger partial charge in [0.15, 0.2) is 5.75 Å². The van der Waals surface area contributed by atoms with Crippen molar-refractivity contribution in [3.63, 3.8) is 0 Å². The number of esters is 1.